The molecule has 1 N–H and O–H groups in total. The van der Waals surface area contributed by atoms with Crippen molar-refractivity contribution in [1.29, 1.82) is 0 Å². The van der Waals surface area contributed by atoms with E-state index in [1.807, 2.05) is 29.2 Å². The van der Waals surface area contributed by atoms with Crippen LogP contribution in [0.25, 0.3) is 0 Å². The van der Waals surface area contributed by atoms with E-state index in [0.29, 0.717) is 6.54 Å². The third-order valence-corrected chi connectivity index (χ3v) is 4.00. The molecular weight excluding hydrogens is 276 g/mol. The van der Waals surface area contributed by atoms with Gasteiger partial charge in [-0.05, 0) is 31.4 Å². The Labute approximate surface area is 133 Å². The Bertz CT molecular complexity index is 454. The van der Waals surface area contributed by atoms with Gasteiger partial charge in [-0.3, -0.25) is 4.79 Å². The van der Waals surface area contributed by atoms with Crippen molar-refractivity contribution in [3.05, 3.63) is 24.3 Å². The van der Waals surface area contributed by atoms with Gasteiger partial charge in [-0.1, -0.05) is 32.3 Å². The molecule has 0 bridgehead atoms. The molecule has 0 saturated carbocycles. The van der Waals surface area contributed by atoms with Gasteiger partial charge in [0, 0.05) is 24.8 Å². The first-order valence-corrected chi connectivity index (χ1v) is 8.54. The van der Waals surface area contributed by atoms with Crippen molar-refractivity contribution < 1.29 is 9.53 Å². The number of anilines is 1. The maximum absolute atomic E-state index is 12.3. The van der Waals surface area contributed by atoms with Gasteiger partial charge in [-0.15, -0.1) is 0 Å². The lowest BCUT2D eigenvalue weighted by molar-refractivity contribution is -0.129. The highest BCUT2D eigenvalue weighted by Gasteiger charge is 2.14. The van der Waals surface area contributed by atoms with Crippen LogP contribution in [0.2, 0.25) is 0 Å². The Morgan fingerprint density at radius 1 is 1.23 bits per heavy atom. The predicted molar refractivity (Wildman–Crippen MR) is 90.4 cm³/mol. The van der Waals surface area contributed by atoms with E-state index in [9.17, 15) is 4.79 Å². The molecule has 0 aromatic heterocycles. The number of likely N-dealkylation sites (tertiary alicyclic amines) is 1. The van der Waals surface area contributed by atoms with Crippen LogP contribution in [0, 0.1) is 0 Å². The second-order valence-corrected chi connectivity index (χ2v) is 5.88. The largest absolute Gasteiger partial charge is 0.494 e. The molecule has 1 aromatic rings. The van der Waals surface area contributed by atoms with Crippen LogP contribution in [-0.4, -0.2) is 37.0 Å². The number of ether oxygens (including phenoxy) is 1. The van der Waals surface area contributed by atoms with Gasteiger partial charge in [0.15, 0.2) is 0 Å². The van der Waals surface area contributed by atoms with E-state index in [0.717, 1.165) is 56.8 Å². The lowest BCUT2D eigenvalue weighted by atomic mass is 10.2. The molecule has 4 heteroatoms. The van der Waals surface area contributed by atoms with Crippen LogP contribution in [0.1, 0.15) is 45.4 Å². The van der Waals surface area contributed by atoms with Gasteiger partial charge in [0.1, 0.15) is 5.75 Å². The van der Waals surface area contributed by atoms with Crippen LogP contribution in [0.3, 0.4) is 0 Å². The number of nitrogens with one attached hydrogen (secondary N) is 1. The lowest BCUT2D eigenvalue weighted by Crippen LogP contribution is -2.36. The summed E-state index contributed by atoms with van der Waals surface area (Å²) in [5, 5.41) is 3.22. The van der Waals surface area contributed by atoms with Crippen LogP contribution in [0.15, 0.2) is 24.3 Å². The van der Waals surface area contributed by atoms with Crippen LogP contribution >= 0.6 is 0 Å². The van der Waals surface area contributed by atoms with Gasteiger partial charge in [0.05, 0.1) is 13.2 Å². The van der Waals surface area contributed by atoms with Crippen LogP contribution in [0.4, 0.5) is 5.69 Å². The van der Waals surface area contributed by atoms with Gasteiger partial charge in [-0.25, -0.2) is 0 Å². The van der Waals surface area contributed by atoms with E-state index < -0.39 is 0 Å². The number of hydrogen-bond donors (Lipinski definition) is 1. The Morgan fingerprint density at radius 3 is 2.73 bits per heavy atom. The van der Waals surface area contributed by atoms with E-state index in [-0.39, 0.29) is 5.91 Å². The molecule has 1 heterocycles. The fourth-order valence-corrected chi connectivity index (χ4v) is 2.64. The third kappa shape index (κ3) is 5.58. The van der Waals surface area contributed by atoms with E-state index in [4.69, 9.17) is 4.74 Å². The maximum Gasteiger partial charge on any atom is 0.241 e. The van der Waals surface area contributed by atoms with E-state index in [1.54, 1.807) is 0 Å². The van der Waals surface area contributed by atoms with Crippen molar-refractivity contribution in [3.63, 3.8) is 0 Å². The molecule has 1 aliphatic heterocycles. The second-order valence-electron chi connectivity index (χ2n) is 5.88. The fraction of sp³-hybridized carbons (Fsp3) is 0.611. The zero-order valence-electron chi connectivity index (χ0n) is 13.6. The topological polar surface area (TPSA) is 41.6 Å². The number of rotatable bonds is 7. The van der Waals surface area contributed by atoms with Crippen LogP contribution < -0.4 is 10.1 Å². The fourth-order valence-electron chi connectivity index (χ4n) is 2.64. The van der Waals surface area contributed by atoms with Gasteiger partial charge in [0.25, 0.3) is 0 Å². The summed E-state index contributed by atoms with van der Waals surface area (Å²) in [7, 11) is 0. The first-order valence-electron chi connectivity index (χ1n) is 8.54. The molecule has 1 amide bonds. The van der Waals surface area contributed by atoms with Crippen molar-refractivity contribution >= 4 is 11.6 Å². The molecule has 0 aliphatic carbocycles. The molecule has 1 fully saturated rings. The van der Waals surface area contributed by atoms with Gasteiger partial charge in [0.2, 0.25) is 5.91 Å². The van der Waals surface area contributed by atoms with Crippen molar-refractivity contribution in [3.8, 4) is 5.75 Å². The average Bonchev–Trinajstić information content (AvgIpc) is 2.83. The summed E-state index contributed by atoms with van der Waals surface area (Å²) in [4.78, 5) is 14.2. The van der Waals surface area contributed by atoms with E-state index in [2.05, 4.69) is 12.2 Å². The summed E-state index contributed by atoms with van der Waals surface area (Å²) in [6.07, 6.45) is 6.94. The van der Waals surface area contributed by atoms with Gasteiger partial charge < -0.3 is 15.0 Å². The summed E-state index contributed by atoms with van der Waals surface area (Å²) >= 11 is 0. The molecule has 1 saturated heterocycles. The number of unbranched alkanes of at least 4 members (excludes halogenated alkanes) is 1. The first-order chi connectivity index (χ1) is 10.8. The van der Waals surface area contributed by atoms with Crippen LogP contribution in [0.5, 0.6) is 5.75 Å². The summed E-state index contributed by atoms with van der Waals surface area (Å²) < 4.78 is 5.69. The smallest absolute Gasteiger partial charge is 0.241 e. The average molecular weight is 304 g/mol. The Balaban J connectivity index is 1.80. The molecule has 1 aromatic carbocycles. The third-order valence-electron chi connectivity index (χ3n) is 4.00. The van der Waals surface area contributed by atoms with Crippen molar-refractivity contribution in [2.75, 3.05) is 31.6 Å². The highest BCUT2D eigenvalue weighted by Crippen LogP contribution is 2.18. The SMILES string of the molecule is CCCCOc1cccc(NCC(=O)N2CCCCCC2)c1. The minimum atomic E-state index is 0.194. The van der Waals surface area contributed by atoms with Gasteiger partial charge >= 0.3 is 0 Å². The lowest BCUT2D eigenvalue weighted by Gasteiger charge is -2.20. The summed E-state index contributed by atoms with van der Waals surface area (Å²) in [5.74, 6) is 1.06. The molecule has 1 aliphatic rings. The molecule has 2 rings (SSSR count). The maximum atomic E-state index is 12.3. The number of carbonyl (C=O) groups is 1. The molecule has 0 atom stereocenters. The summed E-state index contributed by atoms with van der Waals surface area (Å²) in [6, 6.07) is 7.85. The quantitative estimate of drug-likeness (QED) is 0.781. The van der Waals surface area contributed by atoms with Crippen molar-refractivity contribution in [1.82, 2.24) is 4.90 Å². The van der Waals surface area contributed by atoms with Crippen molar-refractivity contribution in [2.24, 2.45) is 0 Å². The highest BCUT2D eigenvalue weighted by molar-refractivity contribution is 5.81. The minimum Gasteiger partial charge on any atom is -0.494 e. The number of carbonyl (C=O) groups excluding carboxylic acids is 1. The zero-order valence-corrected chi connectivity index (χ0v) is 13.6. The molecule has 4 nitrogen and oxygen atoms in total. The molecule has 0 spiro atoms. The Morgan fingerprint density at radius 2 is 2.00 bits per heavy atom. The highest BCUT2D eigenvalue weighted by atomic mass is 16.5. The van der Waals surface area contributed by atoms with E-state index >= 15 is 0 Å². The predicted octanol–water partition coefficient (Wildman–Crippen LogP) is 3.68. The molecular formula is C18H28N2O2. The number of amides is 1. The second kappa shape index (κ2) is 9.34. The first kappa shape index (κ1) is 16.7. The Kier molecular flexibility index (Phi) is 7.07. The molecule has 22 heavy (non-hydrogen) atoms. The molecule has 0 radical (unpaired) electrons. The number of benzene rings is 1. The minimum absolute atomic E-state index is 0.194. The standard InChI is InChI=1S/C18H28N2O2/c1-2-3-13-22-17-10-8-9-16(14-17)19-15-18(21)20-11-6-4-5-7-12-20/h8-10,14,19H,2-7,11-13,15H2,1H3. The van der Waals surface area contributed by atoms with Gasteiger partial charge in [-0.2, -0.15) is 0 Å². The summed E-state index contributed by atoms with van der Waals surface area (Å²) in [6.45, 7) is 5.06. The number of nitrogens with zero attached hydrogens (tertiary/aromatic N) is 1. The monoisotopic (exact) mass is 304 g/mol. The molecule has 122 valence electrons. The zero-order chi connectivity index (χ0) is 15.6. The summed E-state index contributed by atoms with van der Waals surface area (Å²) in [5.41, 5.74) is 0.942. The Hall–Kier alpha value is -1.71. The number of hydrogen-bond acceptors (Lipinski definition) is 3. The van der Waals surface area contributed by atoms with Crippen molar-refractivity contribution in [2.45, 2.75) is 45.4 Å². The normalized spacial score (nSPS) is 15.2. The van der Waals surface area contributed by atoms with E-state index in [1.165, 1.54) is 12.8 Å². The molecule has 0 unspecified atom stereocenters. The van der Waals surface area contributed by atoms with Crippen LogP contribution in [-0.2, 0) is 4.79 Å².